The standard InChI is InChI=1S/C23H29NO3/c1-4-12-27-21-17(2)15-20(16-18(21)3)24-22(25)23(10-13-26-14-11-23)19-8-6-5-7-9-19/h5-9,15-16H,4,10-14H2,1-3H3,(H,24,25). The molecule has 1 saturated heterocycles. The summed E-state index contributed by atoms with van der Waals surface area (Å²) in [5, 5.41) is 3.17. The molecule has 27 heavy (non-hydrogen) atoms. The highest BCUT2D eigenvalue weighted by Crippen LogP contribution is 2.37. The van der Waals surface area contributed by atoms with Crippen LogP contribution in [0, 0.1) is 13.8 Å². The average Bonchev–Trinajstić information content (AvgIpc) is 2.68. The van der Waals surface area contributed by atoms with Crippen molar-refractivity contribution >= 4 is 11.6 Å². The number of amides is 1. The zero-order valence-corrected chi connectivity index (χ0v) is 16.5. The normalized spacial score (nSPS) is 16.0. The minimum Gasteiger partial charge on any atom is -0.493 e. The molecule has 0 saturated carbocycles. The van der Waals surface area contributed by atoms with E-state index in [1.165, 1.54) is 0 Å². The molecule has 0 aliphatic carbocycles. The van der Waals surface area contributed by atoms with Gasteiger partial charge in [-0.2, -0.15) is 0 Å². The van der Waals surface area contributed by atoms with Crippen molar-refractivity contribution in [3.05, 3.63) is 59.2 Å². The van der Waals surface area contributed by atoms with E-state index in [4.69, 9.17) is 9.47 Å². The van der Waals surface area contributed by atoms with Crippen LogP contribution in [0.1, 0.15) is 42.9 Å². The van der Waals surface area contributed by atoms with Crippen LogP contribution in [0.5, 0.6) is 5.75 Å². The van der Waals surface area contributed by atoms with Crippen LogP contribution < -0.4 is 10.1 Å². The van der Waals surface area contributed by atoms with Crippen molar-refractivity contribution in [3.63, 3.8) is 0 Å². The summed E-state index contributed by atoms with van der Waals surface area (Å²) in [6.45, 7) is 8.04. The third kappa shape index (κ3) is 4.16. The van der Waals surface area contributed by atoms with E-state index in [1.54, 1.807) is 0 Å². The Kier molecular flexibility index (Phi) is 6.17. The molecule has 1 aliphatic heterocycles. The van der Waals surface area contributed by atoms with Gasteiger partial charge >= 0.3 is 0 Å². The molecule has 1 heterocycles. The molecule has 1 fully saturated rings. The lowest BCUT2D eigenvalue weighted by Gasteiger charge is -2.36. The summed E-state index contributed by atoms with van der Waals surface area (Å²) in [5.41, 5.74) is 3.42. The number of benzene rings is 2. The van der Waals surface area contributed by atoms with Crippen LogP contribution in [-0.2, 0) is 14.9 Å². The van der Waals surface area contributed by atoms with E-state index in [0.29, 0.717) is 32.7 Å². The first-order valence-electron chi connectivity index (χ1n) is 9.75. The highest BCUT2D eigenvalue weighted by atomic mass is 16.5. The molecule has 3 rings (SSSR count). The van der Waals surface area contributed by atoms with Crippen molar-refractivity contribution in [3.8, 4) is 5.75 Å². The molecule has 0 radical (unpaired) electrons. The molecule has 2 aromatic carbocycles. The Labute approximate surface area is 161 Å². The molecule has 2 aromatic rings. The first-order valence-corrected chi connectivity index (χ1v) is 9.75. The van der Waals surface area contributed by atoms with Gasteiger partial charge in [-0.3, -0.25) is 4.79 Å². The molecule has 1 amide bonds. The molecular weight excluding hydrogens is 338 g/mol. The maximum Gasteiger partial charge on any atom is 0.235 e. The molecule has 0 aromatic heterocycles. The van der Waals surface area contributed by atoms with E-state index in [-0.39, 0.29) is 5.91 Å². The fourth-order valence-electron chi connectivity index (χ4n) is 3.83. The van der Waals surface area contributed by atoms with Crippen molar-refractivity contribution in [1.82, 2.24) is 0 Å². The molecule has 0 spiro atoms. The summed E-state index contributed by atoms with van der Waals surface area (Å²) in [4.78, 5) is 13.4. The Morgan fingerprint density at radius 3 is 2.33 bits per heavy atom. The fraction of sp³-hybridized carbons (Fsp3) is 0.435. The molecular formula is C23H29NO3. The Morgan fingerprint density at radius 1 is 1.11 bits per heavy atom. The van der Waals surface area contributed by atoms with E-state index in [2.05, 4.69) is 12.2 Å². The van der Waals surface area contributed by atoms with E-state index in [9.17, 15) is 4.79 Å². The van der Waals surface area contributed by atoms with Gasteiger partial charge < -0.3 is 14.8 Å². The molecule has 0 bridgehead atoms. The number of hydrogen-bond acceptors (Lipinski definition) is 3. The summed E-state index contributed by atoms with van der Waals surface area (Å²) in [6.07, 6.45) is 2.36. The van der Waals surface area contributed by atoms with Gasteiger partial charge in [0, 0.05) is 18.9 Å². The Morgan fingerprint density at radius 2 is 1.74 bits per heavy atom. The Bertz CT molecular complexity index is 756. The fourth-order valence-corrected chi connectivity index (χ4v) is 3.83. The lowest BCUT2D eigenvalue weighted by molar-refractivity contribution is -0.125. The zero-order valence-electron chi connectivity index (χ0n) is 16.5. The van der Waals surface area contributed by atoms with Crippen molar-refractivity contribution in [2.24, 2.45) is 0 Å². The maximum atomic E-state index is 13.4. The van der Waals surface area contributed by atoms with Crippen LogP contribution in [0.3, 0.4) is 0 Å². The predicted molar refractivity (Wildman–Crippen MR) is 109 cm³/mol. The van der Waals surface area contributed by atoms with Gasteiger partial charge in [0.2, 0.25) is 5.91 Å². The summed E-state index contributed by atoms with van der Waals surface area (Å²) < 4.78 is 11.4. The number of rotatable bonds is 6. The highest BCUT2D eigenvalue weighted by Gasteiger charge is 2.41. The van der Waals surface area contributed by atoms with E-state index in [1.807, 2.05) is 56.3 Å². The molecule has 144 valence electrons. The van der Waals surface area contributed by atoms with Gasteiger partial charge in [-0.15, -0.1) is 0 Å². The van der Waals surface area contributed by atoms with Crippen molar-refractivity contribution in [2.75, 3.05) is 25.1 Å². The third-order valence-corrected chi connectivity index (χ3v) is 5.28. The highest BCUT2D eigenvalue weighted by molar-refractivity contribution is 5.99. The van der Waals surface area contributed by atoms with Gasteiger partial charge in [0.05, 0.1) is 12.0 Å². The first-order chi connectivity index (χ1) is 13.1. The molecule has 1 aliphatic rings. The largest absolute Gasteiger partial charge is 0.493 e. The summed E-state index contributed by atoms with van der Waals surface area (Å²) in [7, 11) is 0. The van der Waals surface area contributed by atoms with Gasteiger partial charge in [-0.25, -0.2) is 0 Å². The lowest BCUT2D eigenvalue weighted by atomic mass is 9.73. The topological polar surface area (TPSA) is 47.6 Å². The van der Waals surface area contributed by atoms with E-state index in [0.717, 1.165) is 34.5 Å². The number of anilines is 1. The monoisotopic (exact) mass is 367 g/mol. The molecule has 0 unspecified atom stereocenters. The molecule has 4 nitrogen and oxygen atoms in total. The number of ether oxygens (including phenoxy) is 2. The van der Waals surface area contributed by atoms with Gasteiger partial charge in [0.25, 0.3) is 0 Å². The quantitative estimate of drug-likeness (QED) is 0.799. The number of carbonyl (C=O) groups excluding carboxylic acids is 1. The SMILES string of the molecule is CCCOc1c(C)cc(NC(=O)C2(c3ccccc3)CCOCC2)cc1C. The minimum absolute atomic E-state index is 0.0398. The van der Waals surface area contributed by atoms with Crippen LogP contribution in [0.15, 0.2) is 42.5 Å². The van der Waals surface area contributed by atoms with E-state index < -0.39 is 5.41 Å². The Hall–Kier alpha value is -2.33. The van der Waals surface area contributed by atoms with Crippen LogP contribution in [0.25, 0.3) is 0 Å². The van der Waals surface area contributed by atoms with Crippen molar-refractivity contribution < 1.29 is 14.3 Å². The number of aryl methyl sites for hydroxylation is 2. The van der Waals surface area contributed by atoms with Gasteiger partial charge in [-0.1, -0.05) is 37.3 Å². The number of nitrogens with one attached hydrogen (secondary N) is 1. The summed E-state index contributed by atoms with van der Waals surface area (Å²) in [5.74, 6) is 0.955. The first kappa shape index (κ1) is 19.4. The second kappa shape index (κ2) is 8.57. The minimum atomic E-state index is -0.543. The van der Waals surface area contributed by atoms with Gasteiger partial charge in [0.15, 0.2) is 0 Å². The molecule has 0 atom stereocenters. The lowest BCUT2D eigenvalue weighted by Crippen LogP contribution is -2.44. The number of carbonyl (C=O) groups is 1. The maximum absolute atomic E-state index is 13.4. The molecule has 4 heteroatoms. The predicted octanol–water partition coefficient (Wildman–Crippen LogP) is 4.78. The second-order valence-electron chi connectivity index (χ2n) is 7.30. The summed E-state index contributed by atoms with van der Waals surface area (Å²) >= 11 is 0. The van der Waals surface area contributed by atoms with Crippen LogP contribution >= 0.6 is 0 Å². The smallest absolute Gasteiger partial charge is 0.235 e. The van der Waals surface area contributed by atoms with E-state index >= 15 is 0 Å². The second-order valence-corrected chi connectivity index (χ2v) is 7.30. The van der Waals surface area contributed by atoms with Crippen LogP contribution in [0.4, 0.5) is 5.69 Å². The van der Waals surface area contributed by atoms with Crippen molar-refractivity contribution in [2.45, 2.75) is 45.4 Å². The summed E-state index contributed by atoms with van der Waals surface area (Å²) in [6, 6.07) is 14.0. The third-order valence-electron chi connectivity index (χ3n) is 5.28. The van der Waals surface area contributed by atoms with Crippen LogP contribution in [0.2, 0.25) is 0 Å². The average molecular weight is 367 g/mol. The van der Waals surface area contributed by atoms with Crippen molar-refractivity contribution in [1.29, 1.82) is 0 Å². The Balaban J connectivity index is 1.86. The molecule has 1 N–H and O–H groups in total. The van der Waals surface area contributed by atoms with Gasteiger partial charge in [0.1, 0.15) is 5.75 Å². The van der Waals surface area contributed by atoms with Gasteiger partial charge in [-0.05, 0) is 61.9 Å². The number of hydrogen-bond donors (Lipinski definition) is 1. The van der Waals surface area contributed by atoms with Crippen LogP contribution in [-0.4, -0.2) is 25.7 Å². The zero-order chi connectivity index (χ0) is 19.3.